The molecule has 1 heterocycles. The van der Waals surface area contributed by atoms with Crippen molar-refractivity contribution in [3.05, 3.63) is 22.4 Å². The fourth-order valence-electron chi connectivity index (χ4n) is 1.47. The molecule has 1 aromatic rings. The van der Waals surface area contributed by atoms with Gasteiger partial charge in [-0.05, 0) is 17.9 Å². The molecule has 1 amide bonds. The molecule has 96 valence electrons. The minimum Gasteiger partial charge on any atom is -0.383 e. The van der Waals surface area contributed by atoms with Gasteiger partial charge in [-0.25, -0.2) is 0 Å². The van der Waals surface area contributed by atoms with Crippen molar-refractivity contribution in [2.24, 2.45) is 5.73 Å². The van der Waals surface area contributed by atoms with E-state index in [4.69, 9.17) is 10.5 Å². The molecule has 0 radical (unpaired) electrons. The van der Waals surface area contributed by atoms with E-state index in [2.05, 4.69) is 0 Å². The second-order valence-electron chi connectivity index (χ2n) is 3.85. The van der Waals surface area contributed by atoms with Crippen molar-refractivity contribution in [2.45, 2.75) is 25.9 Å². The summed E-state index contributed by atoms with van der Waals surface area (Å²) >= 11 is 1.65. The first-order chi connectivity index (χ1) is 8.19. The van der Waals surface area contributed by atoms with Crippen molar-refractivity contribution in [2.75, 3.05) is 20.3 Å². The average molecular weight is 256 g/mol. The van der Waals surface area contributed by atoms with Crippen LogP contribution < -0.4 is 5.73 Å². The van der Waals surface area contributed by atoms with Gasteiger partial charge in [-0.2, -0.15) is 0 Å². The van der Waals surface area contributed by atoms with Gasteiger partial charge in [-0.15, -0.1) is 11.3 Å². The lowest BCUT2D eigenvalue weighted by Crippen LogP contribution is -2.44. The molecule has 0 aliphatic heterocycles. The number of nitrogens with two attached hydrogens (primary N) is 1. The highest BCUT2D eigenvalue weighted by atomic mass is 32.1. The molecule has 1 rings (SSSR count). The first-order valence-corrected chi connectivity index (χ1v) is 6.62. The number of thiophene rings is 1. The summed E-state index contributed by atoms with van der Waals surface area (Å²) in [6.07, 6.45) is 0.659. The molecule has 0 fully saturated rings. The molecule has 0 saturated carbocycles. The van der Waals surface area contributed by atoms with Crippen LogP contribution in [0.2, 0.25) is 0 Å². The number of hydrogen-bond acceptors (Lipinski definition) is 4. The molecular weight excluding hydrogens is 236 g/mol. The van der Waals surface area contributed by atoms with E-state index >= 15 is 0 Å². The maximum absolute atomic E-state index is 12.1. The maximum Gasteiger partial charge on any atom is 0.239 e. The van der Waals surface area contributed by atoms with Crippen molar-refractivity contribution in [3.8, 4) is 0 Å². The zero-order valence-corrected chi connectivity index (χ0v) is 11.2. The van der Waals surface area contributed by atoms with Gasteiger partial charge in [0, 0.05) is 18.5 Å². The number of nitrogens with zero attached hydrogens (tertiary/aromatic N) is 1. The number of carbonyl (C=O) groups excluding carboxylic acids is 1. The van der Waals surface area contributed by atoms with Crippen molar-refractivity contribution < 1.29 is 9.53 Å². The molecule has 0 aliphatic rings. The Balaban J connectivity index is 2.62. The van der Waals surface area contributed by atoms with Gasteiger partial charge >= 0.3 is 0 Å². The average Bonchev–Trinajstić information content (AvgIpc) is 2.85. The lowest BCUT2D eigenvalue weighted by atomic mass is 10.2. The summed E-state index contributed by atoms with van der Waals surface area (Å²) in [4.78, 5) is 15.0. The third kappa shape index (κ3) is 4.46. The van der Waals surface area contributed by atoms with E-state index in [1.54, 1.807) is 23.3 Å². The molecule has 0 spiro atoms. The van der Waals surface area contributed by atoms with Crippen LogP contribution >= 0.6 is 11.3 Å². The summed E-state index contributed by atoms with van der Waals surface area (Å²) in [5, 5.41) is 2.01. The first kappa shape index (κ1) is 14.2. The van der Waals surface area contributed by atoms with Gasteiger partial charge in [0.05, 0.1) is 19.2 Å². The SMILES string of the molecule is CC[C@H](N)C(=O)N(CCOC)Cc1cccs1. The molecule has 0 bridgehead atoms. The van der Waals surface area contributed by atoms with Crippen molar-refractivity contribution >= 4 is 17.2 Å². The Labute approximate surface area is 106 Å². The van der Waals surface area contributed by atoms with Crippen LogP contribution in [-0.2, 0) is 16.1 Å². The number of methoxy groups -OCH3 is 1. The van der Waals surface area contributed by atoms with E-state index in [-0.39, 0.29) is 5.91 Å². The monoisotopic (exact) mass is 256 g/mol. The summed E-state index contributed by atoms with van der Waals surface area (Å²) in [6, 6.07) is 3.60. The number of ether oxygens (including phenoxy) is 1. The Morgan fingerprint density at radius 2 is 2.41 bits per heavy atom. The molecule has 0 aliphatic carbocycles. The third-order valence-corrected chi connectivity index (χ3v) is 3.42. The van der Waals surface area contributed by atoms with Crippen LogP contribution in [0, 0.1) is 0 Å². The quantitative estimate of drug-likeness (QED) is 0.803. The summed E-state index contributed by atoms with van der Waals surface area (Å²) in [7, 11) is 1.63. The standard InChI is InChI=1S/C12H20N2O2S/c1-3-11(13)12(15)14(6-7-16-2)9-10-5-4-8-17-10/h4-5,8,11H,3,6-7,9,13H2,1-2H3/t11-/m0/s1. The topological polar surface area (TPSA) is 55.6 Å². The second-order valence-corrected chi connectivity index (χ2v) is 4.88. The maximum atomic E-state index is 12.1. The highest BCUT2D eigenvalue weighted by Crippen LogP contribution is 2.12. The van der Waals surface area contributed by atoms with E-state index < -0.39 is 6.04 Å². The molecule has 1 atom stereocenters. The molecule has 4 nitrogen and oxygen atoms in total. The van der Waals surface area contributed by atoms with Gasteiger partial charge < -0.3 is 15.4 Å². The molecule has 17 heavy (non-hydrogen) atoms. The van der Waals surface area contributed by atoms with Crippen LogP contribution in [0.5, 0.6) is 0 Å². The summed E-state index contributed by atoms with van der Waals surface area (Å²) in [5.41, 5.74) is 5.79. The van der Waals surface area contributed by atoms with Gasteiger partial charge in [-0.3, -0.25) is 4.79 Å². The highest BCUT2D eigenvalue weighted by Gasteiger charge is 2.19. The van der Waals surface area contributed by atoms with Gasteiger partial charge in [0.25, 0.3) is 0 Å². The smallest absolute Gasteiger partial charge is 0.239 e. The van der Waals surface area contributed by atoms with Crippen LogP contribution in [0.1, 0.15) is 18.2 Å². The van der Waals surface area contributed by atoms with E-state index in [0.29, 0.717) is 26.1 Å². The molecular formula is C12H20N2O2S. The van der Waals surface area contributed by atoms with Crippen molar-refractivity contribution in [1.29, 1.82) is 0 Å². The predicted molar refractivity (Wildman–Crippen MR) is 69.9 cm³/mol. The zero-order valence-electron chi connectivity index (χ0n) is 10.4. The molecule has 5 heteroatoms. The number of carbonyl (C=O) groups is 1. The van der Waals surface area contributed by atoms with E-state index in [0.717, 1.165) is 4.88 Å². The highest BCUT2D eigenvalue weighted by molar-refractivity contribution is 7.09. The summed E-state index contributed by atoms with van der Waals surface area (Å²) in [5.74, 6) is -0.00190. The predicted octanol–water partition coefficient (Wildman–Crippen LogP) is 1.46. The molecule has 1 aromatic heterocycles. The normalized spacial score (nSPS) is 12.4. The molecule has 0 unspecified atom stereocenters. The third-order valence-electron chi connectivity index (χ3n) is 2.56. The van der Waals surface area contributed by atoms with E-state index in [9.17, 15) is 4.79 Å². The van der Waals surface area contributed by atoms with E-state index in [1.165, 1.54) is 0 Å². The first-order valence-electron chi connectivity index (χ1n) is 5.74. The number of amides is 1. The van der Waals surface area contributed by atoms with Crippen LogP contribution in [0.3, 0.4) is 0 Å². The van der Waals surface area contributed by atoms with Crippen LogP contribution in [0.15, 0.2) is 17.5 Å². The Bertz CT molecular complexity index is 327. The Kier molecular flexibility index (Phi) is 6.18. The minimum atomic E-state index is -0.410. The Hall–Kier alpha value is -0.910. The van der Waals surface area contributed by atoms with Crippen LogP contribution in [0.25, 0.3) is 0 Å². The van der Waals surface area contributed by atoms with Crippen molar-refractivity contribution in [1.82, 2.24) is 4.90 Å². The Morgan fingerprint density at radius 1 is 1.65 bits per heavy atom. The van der Waals surface area contributed by atoms with Gasteiger partial charge in [0.2, 0.25) is 5.91 Å². The number of hydrogen-bond donors (Lipinski definition) is 1. The van der Waals surface area contributed by atoms with Crippen molar-refractivity contribution in [3.63, 3.8) is 0 Å². The molecule has 0 aromatic carbocycles. The van der Waals surface area contributed by atoms with Gasteiger partial charge in [0.1, 0.15) is 0 Å². The summed E-state index contributed by atoms with van der Waals surface area (Å²) in [6.45, 7) is 3.66. The minimum absolute atomic E-state index is 0.00190. The van der Waals surface area contributed by atoms with Gasteiger partial charge in [-0.1, -0.05) is 13.0 Å². The molecule has 2 N–H and O–H groups in total. The van der Waals surface area contributed by atoms with Crippen LogP contribution in [-0.4, -0.2) is 37.1 Å². The van der Waals surface area contributed by atoms with Gasteiger partial charge in [0.15, 0.2) is 0 Å². The summed E-state index contributed by atoms with van der Waals surface area (Å²) < 4.78 is 5.02. The largest absolute Gasteiger partial charge is 0.383 e. The lowest BCUT2D eigenvalue weighted by molar-refractivity contribution is -0.133. The Morgan fingerprint density at radius 3 is 2.94 bits per heavy atom. The zero-order chi connectivity index (χ0) is 12.7. The van der Waals surface area contributed by atoms with E-state index in [1.807, 2.05) is 24.4 Å². The lowest BCUT2D eigenvalue weighted by Gasteiger charge is -2.24. The number of rotatable bonds is 7. The fraction of sp³-hybridized carbons (Fsp3) is 0.583. The fourth-order valence-corrected chi connectivity index (χ4v) is 2.19. The second kappa shape index (κ2) is 7.42. The van der Waals surface area contributed by atoms with Crippen LogP contribution in [0.4, 0.5) is 0 Å². The molecule has 0 saturated heterocycles.